The lowest BCUT2D eigenvalue weighted by Crippen LogP contribution is -1.82. The first-order chi connectivity index (χ1) is 18.3. The van der Waals surface area contributed by atoms with Crippen molar-refractivity contribution in [3.63, 3.8) is 0 Å². The van der Waals surface area contributed by atoms with Gasteiger partial charge in [0.1, 0.15) is 11.2 Å². The van der Waals surface area contributed by atoms with Gasteiger partial charge < -0.3 is 8.83 Å². The van der Waals surface area contributed by atoms with E-state index >= 15 is 0 Å². The van der Waals surface area contributed by atoms with Crippen LogP contribution in [0.5, 0.6) is 0 Å². The Bertz CT molecular complexity index is 2060. The molecule has 0 radical (unpaired) electrons. The predicted molar refractivity (Wildman–Crippen MR) is 161 cm³/mol. The Balaban J connectivity index is 1.33. The molecule has 5 heterocycles. The van der Waals surface area contributed by atoms with Crippen LogP contribution in [0.1, 0.15) is 0 Å². The van der Waals surface area contributed by atoms with Crippen molar-refractivity contribution in [1.29, 1.82) is 0 Å². The van der Waals surface area contributed by atoms with Crippen LogP contribution in [0.15, 0.2) is 105 Å². The lowest BCUT2D eigenvalue weighted by Gasteiger charge is -2.08. The SMILES string of the molecule is c1cc2c(-c3ccc4sc5ccc(-c6c7ccsc7cc7ccsc67)cc5c4c3)c3occc3cc2o1. The molecule has 0 aliphatic rings. The summed E-state index contributed by atoms with van der Waals surface area (Å²) in [5.41, 5.74) is 6.64. The van der Waals surface area contributed by atoms with Gasteiger partial charge in [0.05, 0.1) is 12.5 Å². The molecule has 0 saturated heterocycles. The van der Waals surface area contributed by atoms with Crippen LogP contribution >= 0.6 is 34.0 Å². The zero-order valence-electron chi connectivity index (χ0n) is 19.3. The van der Waals surface area contributed by atoms with E-state index in [1.54, 1.807) is 12.5 Å². The number of hydrogen-bond donors (Lipinski definition) is 0. The van der Waals surface area contributed by atoms with Crippen molar-refractivity contribution < 1.29 is 8.83 Å². The molecule has 37 heavy (non-hydrogen) atoms. The van der Waals surface area contributed by atoms with E-state index in [0.29, 0.717) is 0 Å². The summed E-state index contributed by atoms with van der Waals surface area (Å²) >= 11 is 5.50. The highest BCUT2D eigenvalue weighted by Crippen LogP contribution is 2.45. The Labute approximate surface area is 222 Å². The molecule has 0 aliphatic carbocycles. The summed E-state index contributed by atoms with van der Waals surface area (Å²) in [6, 6.07) is 26.7. The Morgan fingerprint density at radius 2 is 1.30 bits per heavy atom. The van der Waals surface area contributed by atoms with Gasteiger partial charge in [-0.3, -0.25) is 0 Å². The van der Waals surface area contributed by atoms with Gasteiger partial charge in [0.25, 0.3) is 0 Å². The summed E-state index contributed by atoms with van der Waals surface area (Å²) in [4.78, 5) is 0. The maximum atomic E-state index is 5.97. The summed E-state index contributed by atoms with van der Waals surface area (Å²) in [6.07, 6.45) is 3.52. The highest BCUT2D eigenvalue weighted by atomic mass is 32.1. The Kier molecular flexibility index (Phi) is 4.00. The molecule has 5 heteroatoms. The van der Waals surface area contributed by atoms with Crippen molar-refractivity contribution in [2.75, 3.05) is 0 Å². The summed E-state index contributed by atoms with van der Waals surface area (Å²) in [5.74, 6) is 0. The fourth-order valence-corrected chi connectivity index (χ4v) is 8.61. The van der Waals surface area contributed by atoms with Crippen LogP contribution in [0.2, 0.25) is 0 Å². The first-order valence-corrected chi connectivity index (χ1v) is 14.6. The Hall–Kier alpha value is -3.90. The lowest BCUT2D eigenvalue weighted by atomic mass is 9.96. The molecule has 9 rings (SSSR count). The molecule has 0 unspecified atom stereocenters. The summed E-state index contributed by atoms with van der Waals surface area (Å²) in [5, 5.41) is 11.8. The predicted octanol–water partition coefficient (Wildman–Crippen LogP) is 11.3. The Morgan fingerprint density at radius 1 is 0.514 bits per heavy atom. The van der Waals surface area contributed by atoms with E-state index in [4.69, 9.17) is 8.83 Å². The van der Waals surface area contributed by atoms with Crippen LogP contribution in [0.3, 0.4) is 0 Å². The van der Waals surface area contributed by atoms with Crippen molar-refractivity contribution in [1.82, 2.24) is 0 Å². The number of rotatable bonds is 2. The van der Waals surface area contributed by atoms with E-state index in [0.717, 1.165) is 33.1 Å². The van der Waals surface area contributed by atoms with E-state index in [-0.39, 0.29) is 0 Å². The van der Waals surface area contributed by atoms with Crippen LogP contribution in [0.25, 0.3) is 84.5 Å². The summed E-state index contributed by atoms with van der Waals surface area (Å²) < 4.78 is 17.1. The maximum Gasteiger partial charge on any atom is 0.142 e. The second-order valence-corrected chi connectivity index (χ2v) is 12.3. The minimum atomic E-state index is 0.880. The molecule has 0 saturated carbocycles. The average molecular weight is 529 g/mol. The second kappa shape index (κ2) is 7.33. The van der Waals surface area contributed by atoms with Gasteiger partial charge in [-0.1, -0.05) is 12.1 Å². The number of fused-ring (bicyclic) bond motifs is 7. The van der Waals surface area contributed by atoms with Gasteiger partial charge in [0.15, 0.2) is 0 Å². The average Bonchev–Trinajstić information content (AvgIpc) is 3.74. The molecule has 0 amide bonds. The van der Waals surface area contributed by atoms with Gasteiger partial charge in [-0.2, -0.15) is 0 Å². The molecule has 5 aromatic heterocycles. The number of furan rings is 2. The zero-order valence-corrected chi connectivity index (χ0v) is 21.7. The third kappa shape index (κ3) is 2.79. The molecule has 0 atom stereocenters. The molecule has 0 N–H and O–H groups in total. The fourth-order valence-electron chi connectivity index (χ4n) is 5.74. The number of thiophene rings is 3. The minimum absolute atomic E-state index is 0.880. The van der Waals surface area contributed by atoms with E-state index in [1.165, 1.54) is 51.5 Å². The van der Waals surface area contributed by atoms with Crippen LogP contribution in [-0.2, 0) is 0 Å². The number of hydrogen-bond acceptors (Lipinski definition) is 5. The van der Waals surface area contributed by atoms with Gasteiger partial charge >= 0.3 is 0 Å². The topological polar surface area (TPSA) is 26.3 Å². The van der Waals surface area contributed by atoms with Crippen LogP contribution in [-0.4, -0.2) is 0 Å². The lowest BCUT2D eigenvalue weighted by molar-refractivity contribution is 0.613. The molecule has 0 bridgehead atoms. The van der Waals surface area contributed by atoms with Crippen molar-refractivity contribution in [3.05, 3.63) is 96.1 Å². The van der Waals surface area contributed by atoms with Crippen LogP contribution in [0.4, 0.5) is 0 Å². The van der Waals surface area contributed by atoms with Crippen molar-refractivity contribution >= 4 is 96.3 Å². The zero-order chi connectivity index (χ0) is 24.1. The standard InChI is InChI=1S/C32H16O2S3/c1-3-26-23(13-17(1)29-21-6-10-33-25(21)15-19-5-9-34-31(19)29)24-14-18(2-4-27(24)37-26)30-22-8-12-35-28(22)16-20-7-11-36-32(20)30/h1-16H. The fraction of sp³-hybridized carbons (Fsp3) is 0. The molecule has 0 fully saturated rings. The minimum Gasteiger partial charge on any atom is -0.464 e. The quantitative estimate of drug-likeness (QED) is 0.223. The highest BCUT2D eigenvalue weighted by Gasteiger charge is 2.17. The molecule has 0 spiro atoms. The largest absolute Gasteiger partial charge is 0.464 e. The molecule has 0 aliphatic heterocycles. The van der Waals surface area contributed by atoms with Gasteiger partial charge in [0, 0.05) is 56.9 Å². The third-order valence-corrected chi connectivity index (χ3v) is 10.4. The van der Waals surface area contributed by atoms with Crippen molar-refractivity contribution in [2.24, 2.45) is 0 Å². The van der Waals surface area contributed by atoms with E-state index in [1.807, 2.05) is 46.1 Å². The molecule has 2 nitrogen and oxygen atoms in total. The summed E-state index contributed by atoms with van der Waals surface area (Å²) in [7, 11) is 0. The smallest absolute Gasteiger partial charge is 0.142 e. The monoisotopic (exact) mass is 528 g/mol. The van der Waals surface area contributed by atoms with E-state index < -0.39 is 0 Å². The van der Waals surface area contributed by atoms with Gasteiger partial charge in [-0.15, -0.1) is 34.0 Å². The molecule has 174 valence electrons. The van der Waals surface area contributed by atoms with Gasteiger partial charge in [0.2, 0.25) is 0 Å². The first-order valence-electron chi connectivity index (χ1n) is 12.0. The van der Waals surface area contributed by atoms with Crippen LogP contribution in [0, 0.1) is 0 Å². The summed E-state index contributed by atoms with van der Waals surface area (Å²) in [6.45, 7) is 0. The van der Waals surface area contributed by atoms with Crippen LogP contribution < -0.4 is 0 Å². The second-order valence-electron chi connectivity index (χ2n) is 9.37. The first kappa shape index (κ1) is 20.2. The molecule has 9 aromatic rings. The van der Waals surface area contributed by atoms with E-state index in [9.17, 15) is 0 Å². The van der Waals surface area contributed by atoms with Gasteiger partial charge in [-0.05, 0) is 87.9 Å². The third-order valence-electron chi connectivity index (χ3n) is 7.39. The van der Waals surface area contributed by atoms with Crippen molar-refractivity contribution in [2.45, 2.75) is 0 Å². The maximum absolute atomic E-state index is 5.97. The molecular formula is C32H16O2S3. The molecule has 4 aromatic carbocycles. The highest BCUT2D eigenvalue weighted by molar-refractivity contribution is 7.25. The normalized spacial score (nSPS) is 12.3. The number of benzene rings is 4. The molecular weight excluding hydrogens is 513 g/mol. The van der Waals surface area contributed by atoms with Crippen molar-refractivity contribution in [3.8, 4) is 22.3 Å². The van der Waals surface area contributed by atoms with Gasteiger partial charge in [-0.25, -0.2) is 0 Å². The van der Waals surface area contributed by atoms with E-state index in [2.05, 4.69) is 71.4 Å². The Morgan fingerprint density at radius 3 is 2.16 bits per heavy atom.